The summed E-state index contributed by atoms with van der Waals surface area (Å²) in [5.74, 6) is 0.813. The van der Waals surface area contributed by atoms with Crippen LogP contribution in [-0.2, 0) is 6.61 Å². The third-order valence-corrected chi connectivity index (χ3v) is 3.33. The van der Waals surface area contributed by atoms with Gasteiger partial charge in [0.05, 0.1) is 0 Å². The van der Waals surface area contributed by atoms with Crippen molar-refractivity contribution in [2.24, 2.45) is 5.73 Å². The molecule has 0 aliphatic carbocycles. The zero-order chi connectivity index (χ0) is 15.1. The number of aromatic hydroxyl groups is 1. The molecule has 0 aromatic heterocycles. The van der Waals surface area contributed by atoms with Crippen LogP contribution in [0, 0.1) is 0 Å². The molecule has 0 saturated heterocycles. The van der Waals surface area contributed by atoms with Gasteiger partial charge in [-0.1, -0.05) is 42.5 Å². The van der Waals surface area contributed by atoms with E-state index in [1.807, 2.05) is 48.5 Å². The molecular weight excluding hydrogens is 298 g/mol. The fourth-order valence-corrected chi connectivity index (χ4v) is 2.12. The molecule has 22 heavy (non-hydrogen) atoms. The number of rotatable bonds is 7. The maximum atomic E-state index is 10.1. The van der Waals surface area contributed by atoms with Gasteiger partial charge in [-0.25, -0.2) is 0 Å². The number of phenolic OH excluding ortho intramolecular Hbond substituents is 1. The molecule has 0 saturated carbocycles. The molecule has 0 amide bonds. The Morgan fingerprint density at radius 3 is 2.55 bits per heavy atom. The van der Waals surface area contributed by atoms with E-state index in [-0.39, 0.29) is 24.2 Å². The average Bonchev–Trinajstić information content (AvgIpc) is 2.51. The van der Waals surface area contributed by atoms with Crippen molar-refractivity contribution in [1.29, 1.82) is 0 Å². The van der Waals surface area contributed by atoms with Gasteiger partial charge in [0.1, 0.15) is 18.1 Å². The summed E-state index contributed by atoms with van der Waals surface area (Å²) >= 11 is 0. The standard InChI is InChI=1S/C18H21NO2.ClH/c1-2-3-9-17(19)16-11-10-15(12-18(16)20)21-13-14-7-5-4-6-8-14;/h2,4-8,10-12,17,20H,1,3,9,13,19H2;1H/t17-;/m0./s1. The Kier molecular flexibility index (Phi) is 7.50. The van der Waals surface area contributed by atoms with E-state index in [1.165, 1.54) is 0 Å². The lowest BCUT2D eigenvalue weighted by atomic mass is 10.0. The minimum Gasteiger partial charge on any atom is -0.507 e. The Labute approximate surface area is 137 Å². The number of ether oxygens (including phenoxy) is 1. The molecule has 3 N–H and O–H groups in total. The van der Waals surface area contributed by atoms with E-state index in [4.69, 9.17) is 10.5 Å². The summed E-state index contributed by atoms with van der Waals surface area (Å²) in [6.07, 6.45) is 3.42. The number of halogens is 1. The number of allylic oxidation sites excluding steroid dienone is 1. The Bertz CT molecular complexity index is 587. The molecule has 1 atom stereocenters. The molecule has 0 heterocycles. The molecule has 0 radical (unpaired) electrons. The molecule has 0 spiro atoms. The largest absolute Gasteiger partial charge is 0.507 e. The SMILES string of the molecule is C=CCC[C@H](N)c1ccc(OCc2ccccc2)cc1O.Cl. The van der Waals surface area contributed by atoms with E-state index >= 15 is 0 Å². The molecule has 0 bridgehead atoms. The van der Waals surface area contributed by atoms with Crippen LogP contribution >= 0.6 is 12.4 Å². The molecule has 2 rings (SSSR count). The van der Waals surface area contributed by atoms with Gasteiger partial charge in [0, 0.05) is 17.7 Å². The van der Waals surface area contributed by atoms with E-state index in [0.29, 0.717) is 12.4 Å². The number of hydrogen-bond acceptors (Lipinski definition) is 3. The van der Waals surface area contributed by atoms with Gasteiger partial charge in [-0.15, -0.1) is 19.0 Å². The second-order valence-corrected chi connectivity index (χ2v) is 4.97. The molecule has 0 unspecified atom stereocenters. The number of benzene rings is 2. The van der Waals surface area contributed by atoms with E-state index in [0.717, 1.165) is 24.0 Å². The highest BCUT2D eigenvalue weighted by Gasteiger charge is 2.11. The third kappa shape index (κ3) is 5.10. The predicted octanol–water partition coefficient (Wildman–Crippen LogP) is 4.36. The first-order valence-corrected chi connectivity index (χ1v) is 7.07. The van der Waals surface area contributed by atoms with Gasteiger partial charge in [0.15, 0.2) is 0 Å². The summed E-state index contributed by atoms with van der Waals surface area (Å²) in [6.45, 7) is 4.15. The molecule has 118 valence electrons. The summed E-state index contributed by atoms with van der Waals surface area (Å²) in [6, 6.07) is 15.0. The first kappa shape index (κ1) is 18.1. The Morgan fingerprint density at radius 1 is 1.18 bits per heavy atom. The van der Waals surface area contributed by atoms with Crippen LogP contribution in [0.25, 0.3) is 0 Å². The van der Waals surface area contributed by atoms with Gasteiger partial charge in [-0.05, 0) is 24.5 Å². The molecule has 3 nitrogen and oxygen atoms in total. The fraction of sp³-hybridized carbons (Fsp3) is 0.222. The van der Waals surface area contributed by atoms with Gasteiger partial charge >= 0.3 is 0 Å². The smallest absolute Gasteiger partial charge is 0.124 e. The zero-order valence-electron chi connectivity index (χ0n) is 12.4. The van der Waals surface area contributed by atoms with Gasteiger partial charge < -0.3 is 15.6 Å². The Balaban J connectivity index is 0.00000242. The van der Waals surface area contributed by atoms with Gasteiger partial charge in [-0.2, -0.15) is 0 Å². The minimum absolute atomic E-state index is 0. The maximum Gasteiger partial charge on any atom is 0.124 e. The summed E-state index contributed by atoms with van der Waals surface area (Å²) in [7, 11) is 0. The predicted molar refractivity (Wildman–Crippen MR) is 92.5 cm³/mol. The van der Waals surface area contributed by atoms with Crippen molar-refractivity contribution in [3.05, 3.63) is 72.3 Å². The van der Waals surface area contributed by atoms with Crippen molar-refractivity contribution >= 4 is 12.4 Å². The van der Waals surface area contributed by atoms with Crippen LogP contribution in [0.3, 0.4) is 0 Å². The van der Waals surface area contributed by atoms with E-state index in [9.17, 15) is 5.11 Å². The lowest BCUT2D eigenvalue weighted by molar-refractivity contribution is 0.304. The number of hydrogen-bond donors (Lipinski definition) is 2. The zero-order valence-corrected chi connectivity index (χ0v) is 13.3. The molecular formula is C18H22ClNO2. The number of phenols is 1. The lowest BCUT2D eigenvalue weighted by Gasteiger charge is -2.14. The van der Waals surface area contributed by atoms with Crippen LogP contribution in [0.5, 0.6) is 11.5 Å². The second kappa shape index (κ2) is 9.13. The topological polar surface area (TPSA) is 55.5 Å². The van der Waals surface area contributed by atoms with Crippen LogP contribution in [0.15, 0.2) is 61.2 Å². The highest BCUT2D eigenvalue weighted by Crippen LogP contribution is 2.29. The first-order chi connectivity index (χ1) is 10.2. The van der Waals surface area contributed by atoms with E-state index in [1.54, 1.807) is 6.07 Å². The Hall–Kier alpha value is -1.97. The minimum atomic E-state index is -0.189. The van der Waals surface area contributed by atoms with Crippen LogP contribution in [0.4, 0.5) is 0 Å². The average molecular weight is 320 g/mol. The van der Waals surface area contributed by atoms with Crippen molar-refractivity contribution in [3.63, 3.8) is 0 Å². The molecule has 2 aromatic carbocycles. The van der Waals surface area contributed by atoms with Crippen LogP contribution in [0.2, 0.25) is 0 Å². The van der Waals surface area contributed by atoms with Crippen molar-refractivity contribution in [3.8, 4) is 11.5 Å². The lowest BCUT2D eigenvalue weighted by Crippen LogP contribution is -2.10. The highest BCUT2D eigenvalue weighted by atomic mass is 35.5. The monoisotopic (exact) mass is 319 g/mol. The molecule has 0 fully saturated rings. The summed E-state index contributed by atoms with van der Waals surface area (Å²) in [4.78, 5) is 0. The van der Waals surface area contributed by atoms with Crippen molar-refractivity contribution in [2.75, 3.05) is 0 Å². The van der Waals surface area contributed by atoms with Crippen molar-refractivity contribution < 1.29 is 9.84 Å². The third-order valence-electron chi connectivity index (χ3n) is 3.33. The van der Waals surface area contributed by atoms with Crippen molar-refractivity contribution in [2.45, 2.75) is 25.5 Å². The molecule has 0 aliphatic heterocycles. The van der Waals surface area contributed by atoms with Crippen LogP contribution < -0.4 is 10.5 Å². The summed E-state index contributed by atoms with van der Waals surface area (Å²) in [5, 5.41) is 10.1. The van der Waals surface area contributed by atoms with Gasteiger partial charge in [0.25, 0.3) is 0 Å². The molecule has 4 heteroatoms. The van der Waals surface area contributed by atoms with Crippen LogP contribution in [0.1, 0.15) is 30.0 Å². The Morgan fingerprint density at radius 2 is 1.91 bits per heavy atom. The highest BCUT2D eigenvalue weighted by molar-refractivity contribution is 5.85. The van der Waals surface area contributed by atoms with Gasteiger partial charge in [-0.3, -0.25) is 0 Å². The quantitative estimate of drug-likeness (QED) is 0.745. The molecule has 0 aliphatic rings. The van der Waals surface area contributed by atoms with Crippen molar-refractivity contribution in [1.82, 2.24) is 0 Å². The fourth-order valence-electron chi connectivity index (χ4n) is 2.12. The van der Waals surface area contributed by atoms with Crippen LogP contribution in [-0.4, -0.2) is 5.11 Å². The normalized spacial score (nSPS) is 11.3. The van der Waals surface area contributed by atoms with E-state index < -0.39 is 0 Å². The maximum absolute atomic E-state index is 10.1. The first-order valence-electron chi connectivity index (χ1n) is 7.07. The molecule has 2 aromatic rings. The number of nitrogens with two attached hydrogens (primary N) is 1. The summed E-state index contributed by atoms with van der Waals surface area (Å²) in [5.41, 5.74) is 7.87. The van der Waals surface area contributed by atoms with Gasteiger partial charge in [0.2, 0.25) is 0 Å². The second-order valence-electron chi connectivity index (χ2n) is 4.97. The summed E-state index contributed by atoms with van der Waals surface area (Å²) < 4.78 is 5.67. The van der Waals surface area contributed by atoms with E-state index in [2.05, 4.69) is 6.58 Å².